The summed E-state index contributed by atoms with van der Waals surface area (Å²) in [6, 6.07) is 16.1. The SMILES string of the molecule is Cc1ccc(N/N=C\c2cc(N3CCOCC3)cc(OCCc3ccccn3)n2)cc1C. The van der Waals surface area contributed by atoms with E-state index in [9.17, 15) is 0 Å². The quantitative estimate of drug-likeness (QED) is 0.429. The molecule has 2 aromatic heterocycles. The van der Waals surface area contributed by atoms with Gasteiger partial charge in [0.15, 0.2) is 0 Å². The van der Waals surface area contributed by atoms with Crippen molar-refractivity contribution in [2.75, 3.05) is 43.2 Å². The van der Waals surface area contributed by atoms with Gasteiger partial charge in [-0.15, -0.1) is 0 Å². The van der Waals surface area contributed by atoms with Crippen LogP contribution < -0.4 is 15.1 Å². The van der Waals surface area contributed by atoms with Crippen LogP contribution in [-0.2, 0) is 11.2 Å². The van der Waals surface area contributed by atoms with Gasteiger partial charge in [-0.3, -0.25) is 10.4 Å². The van der Waals surface area contributed by atoms with Crippen LogP contribution in [0.15, 0.2) is 59.8 Å². The first-order chi connectivity index (χ1) is 15.7. The second kappa shape index (κ2) is 10.7. The molecule has 7 nitrogen and oxygen atoms in total. The van der Waals surface area contributed by atoms with Crippen molar-refractivity contribution < 1.29 is 9.47 Å². The summed E-state index contributed by atoms with van der Waals surface area (Å²) in [5.74, 6) is 0.581. The van der Waals surface area contributed by atoms with Crippen molar-refractivity contribution in [3.8, 4) is 5.88 Å². The number of hydrazone groups is 1. The van der Waals surface area contributed by atoms with E-state index in [1.807, 2.05) is 36.4 Å². The molecule has 0 saturated carbocycles. The highest BCUT2D eigenvalue weighted by Gasteiger charge is 2.14. The molecule has 0 unspecified atom stereocenters. The molecule has 166 valence electrons. The standard InChI is InChI=1S/C25H29N5O2/c1-19-6-7-22(15-20(19)2)29-27-18-23-16-24(30-10-13-31-14-11-30)17-25(28-23)32-12-8-21-5-3-4-9-26-21/h3-7,9,15-18,29H,8,10-14H2,1-2H3/b27-18-. The molecule has 3 aromatic rings. The van der Waals surface area contributed by atoms with Crippen LogP contribution in [0.25, 0.3) is 0 Å². The van der Waals surface area contributed by atoms with Crippen LogP contribution in [0.5, 0.6) is 5.88 Å². The zero-order valence-electron chi connectivity index (χ0n) is 18.6. The molecule has 0 bridgehead atoms. The van der Waals surface area contributed by atoms with Crippen LogP contribution in [0.4, 0.5) is 11.4 Å². The molecule has 4 rings (SSSR count). The fourth-order valence-corrected chi connectivity index (χ4v) is 3.45. The number of morpholine rings is 1. The number of hydrogen-bond acceptors (Lipinski definition) is 7. The lowest BCUT2D eigenvalue weighted by Crippen LogP contribution is -2.36. The lowest BCUT2D eigenvalue weighted by molar-refractivity contribution is 0.122. The van der Waals surface area contributed by atoms with Gasteiger partial charge in [0.2, 0.25) is 5.88 Å². The summed E-state index contributed by atoms with van der Waals surface area (Å²) in [7, 11) is 0. The number of aromatic nitrogens is 2. The van der Waals surface area contributed by atoms with Gasteiger partial charge in [-0.25, -0.2) is 4.98 Å². The van der Waals surface area contributed by atoms with E-state index in [2.05, 4.69) is 51.4 Å². The number of aryl methyl sites for hydroxylation is 2. The van der Waals surface area contributed by atoms with E-state index in [0.29, 0.717) is 12.5 Å². The lowest BCUT2D eigenvalue weighted by Gasteiger charge is -2.29. The number of ether oxygens (including phenoxy) is 2. The fourth-order valence-electron chi connectivity index (χ4n) is 3.45. The number of nitrogens with zero attached hydrogens (tertiary/aromatic N) is 4. The van der Waals surface area contributed by atoms with Crippen LogP contribution in [0, 0.1) is 13.8 Å². The minimum Gasteiger partial charge on any atom is -0.477 e. The Kier molecular flexibility index (Phi) is 7.30. The van der Waals surface area contributed by atoms with Gasteiger partial charge >= 0.3 is 0 Å². The van der Waals surface area contributed by atoms with Gasteiger partial charge < -0.3 is 14.4 Å². The number of hydrogen-bond donors (Lipinski definition) is 1. The average molecular weight is 432 g/mol. The number of benzene rings is 1. The normalized spacial score (nSPS) is 14.0. The van der Waals surface area contributed by atoms with Crippen molar-refractivity contribution in [1.82, 2.24) is 9.97 Å². The molecule has 0 aliphatic carbocycles. The van der Waals surface area contributed by atoms with Crippen molar-refractivity contribution >= 4 is 17.6 Å². The van der Waals surface area contributed by atoms with Crippen LogP contribution in [0.3, 0.4) is 0 Å². The van der Waals surface area contributed by atoms with Crippen molar-refractivity contribution in [2.24, 2.45) is 5.10 Å². The third-order valence-corrected chi connectivity index (χ3v) is 5.41. The van der Waals surface area contributed by atoms with E-state index in [0.717, 1.165) is 55.5 Å². The topological polar surface area (TPSA) is 71.9 Å². The van der Waals surface area contributed by atoms with Crippen LogP contribution in [-0.4, -0.2) is 49.1 Å². The van der Waals surface area contributed by atoms with Gasteiger partial charge in [0.05, 0.1) is 37.4 Å². The first-order valence-corrected chi connectivity index (χ1v) is 10.9. The molecule has 0 spiro atoms. The predicted octanol–water partition coefficient (Wildman–Crippen LogP) is 4.00. The predicted molar refractivity (Wildman–Crippen MR) is 128 cm³/mol. The fraction of sp³-hybridized carbons (Fsp3) is 0.320. The molecule has 1 N–H and O–H groups in total. The van der Waals surface area contributed by atoms with Gasteiger partial charge in [0.1, 0.15) is 0 Å². The summed E-state index contributed by atoms with van der Waals surface area (Å²) in [6.07, 6.45) is 4.25. The van der Waals surface area contributed by atoms with Gasteiger partial charge in [-0.05, 0) is 55.3 Å². The van der Waals surface area contributed by atoms with Gasteiger partial charge in [0.25, 0.3) is 0 Å². The Morgan fingerprint density at radius 3 is 2.75 bits per heavy atom. The monoisotopic (exact) mass is 431 g/mol. The molecule has 1 aliphatic rings. The third-order valence-electron chi connectivity index (χ3n) is 5.41. The second-order valence-corrected chi connectivity index (χ2v) is 7.78. The molecule has 0 atom stereocenters. The molecule has 1 aromatic carbocycles. The Morgan fingerprint density at radius 2 is 1.97 bits per heavy atom. The third kappa shape index (κ3) is 6.04. The molecule has 0 amide bonds. The van der Waals surface area contributed by atoms with Crippen molar-refractivity contribution in [2.45, 2.75) is 20.3 Å². The van der Waals surface area contributed by atoms with Crippen LogP contribution >= 0.6 is 0 Å². The van der Waals surface area contributed by atoms with Crippen LogP contribution in [0.2, 0.25) is 0 Å². The van der Waals surface area contributed by atoms with Gasteiger partial charge in [-0.1, -0.05) is 12.1 Å². The number of anilines is 2. The highest BCUT2D eigenvalue weighted by molar-refractivity contribution is 5.80. The second-order valence-electron chi connectivity index (χ2n) is 7.78. The Balaban J connectivity index is 1.47. The summed E-state index contributed by atoms with van der Waals surface area (Å²) in [4.78, 5) is 11.3. The van der Waals surface area contributed by atoms with E-state index < -0.39 is 0 Å². The first-order valence-electron chi connectivity index (χ1n) is 10.9. The largest absolute Gasteiger partial charge is 0.477 e. The molecule has 32 heavy (non-hydrogen) atoms. The Morgan fingerprint density at radius 1 is 1.09 bits per heavy atom. The molecular formula is C25H29N5O2. The van der Waals surface area contributed by atoms with E-state index in [1.165, 1.54) is 11.1 Å². The minimum atomic E-state index is 0.508. The van der Waals surface area contributed by atoms with E-state index in [-0.39, 0.29) is 0 Å². The van der Waals surface area contributed by atoms with E-state index in [1.54, 1.807) is 12.4 Å². The first kappa shape index (κ1) is 21.8. The average Bonchev–Trinajstić information content (AvgIpc) is 2.83. The Hall–Kier alpha value is -3.45. The summed E-state index contributed by atoms with van der Waals surface area (Å²) >= 11 is 0. The zero-order valence-corrected chi connectivity index (χ0v) is 18.6. The minimum absolute atomic E-state index is 0.508. The van der Waals surface area contributed by atoms with Crippen LogP contribution in [0.1, 0.15) is 22.5 Å². The van der Waals surface area contributed by atoms with Crippen molar-refractivity contribution in [1.29, 1.82) is 0 Å². The zero-order chi connectivity index (χ0) is 22.2. The molecule has 0 radical (unpaired) electrons. The lowest BCUT2D eigenvalue weighted by atomic mass is 10.1. The van der Waals surface area contributed by atoms with Crippen molar-refractivity contribution in [3.63, 3.8) is 0 Å². The van der Waals surface area contributed by atoms with Crippen molar-refractivity contribution in [3.05, 3.63) is 77.2 Å². The highest BCUT2D eigenvalue weighted by atomic mass is 16.5. The summed E-state index contributed by atoms with van der Waals surface area (Å²) in [6.45, 7) is 7.81. The number of rotatable bonds is 8. The number of nitrogens with one attached hydrogen (secondary N) is 1. The maximum Gasteiger partial charge on any atom is 0.215 e. The molecular weight excluding hydrogens is 402 g/mol. The number of pyridine rings is 2. The Labute approximate surface area is 189 Å². The summed E-state index contributed by atoms with van der Waals surface area (Å²) in [5.41, 5.74) is 9.31. The molecule has 1 fully saturated rings. The smallest absolute Gasteiger partial charge is 0.215 e. The Bertz CT molecular complexity index is 1050. The van der Waals surface area contributed by atoms with Gasteiger partial charge in [-0.2, -0.15) is 5.10 Å². The molecule has 3 heterocycles. The molecule has 1 aliphatic heterocycles. The maximum atomic E-state index is 5.98. The summed E-state index contributed by atoms with van der Waals surface area (Å²) < 4.78 is 11.5. The molecule has 7 heteroatoms. The maximum absolute atomic E-state index is 5.98. The molecule has 1 saturated heterocycles. The van der Waals surface area contributed by atoms with E-state index >= 15 is 0 Å². The summed E-state index contributed by atoms with van der Waals surface area (Å²) in [5, 5.41) is 4.39. The highest BCUT2D eigenvalue weighted by Crippen LogP contribution is 2.22. The van der Waals surface area contributed by atoms with Gasteiger partial charge in [0, 0.05) is 43.2 Å². The van der Waals surface area contributed by atoms with E-state index in [4.69, 9.17) is 9.47 Å².